The highest BCUT2D eigenvalue weighted by Crippen LogP contribution is 2.44. The Hall–Kier alpha value is -4.15. The van der Waals surface area contributed by atoms with Crippen LogP contribution < -0.4 is 10.1 Å². The minimum atomic E-state index is -0.992. The maximum Gasteiger partial charge on any atom is 0.303 e. The Morgan fingerprint density at radius 2 is 1.59 bits per heavy atom. The van der Waals surface area contributed by atoms with E-state index in [-0.39, 0.29) is 43.5 Å². The number of hydrogen-bond acceptors (Lipinski definition) is 7. The second kappa shape index (κ2) is 15.9. The molecule has 4 atom stereocenters. The summed E-state index contributed by atoms with van der Waals surface area (Å²) >= 11 is 1.70. The molecule has 9 heteroatoms. The first kappa shape index (κ1) is 33.2. The van der Waals surface area contributed by atoms with Crippen LogP contribution in [0.4, 0.5) is 0 Å². The van der Waals surface area contributed by atoms with Crippen LogP contribution in [0.3, 0.4) is 0 Å². The van der Waals surface area contributed by atoms with E-state index in [9.17, 15) is 14.7 Å². The molecule has 0 radical (unpaired) electrons. The van der Waals surface area contributed by atoms with Crippen molar-refractivity contribution in [1.29, 1.82) is 0 Å². The van der Waals surface area contributed by atoms with Gasteiger partial charge in [0.15, 0.2) is 6.29 Å². The summed E-state index contributed by atoms with van der Waals surface area (Å²) < 4.78 is 18.8. The molecule has 1 fully saturated rings. The van der Waals surface area contributed by atoms with Gasteiger partial charge in [-0.3, -0.25) is 9.59 Å². The van der Waals surface area contributed by atoms with Gasteiger partial charge in [-0.2, -0.15) is 0 Å². The second-order valence-electron chi connectivity index (χ2n) is 11.3. The highest BCUT2D eigenvalue weighted by atomic mass is 32.2. The molecule has 3 N–H and O–H groups in total. The fraction of sp³-hybridized carbons (Fsp3) is 0.297. The van der Waals surface area contributed by atoms with Gasteiger partial charge in [-0.1, -0.05) is 85.8 Å². The summed E-state index contributed by atoms with van der Waals surface area (Å²) in [7, 11) is 1.68. The van der Waals surface area contributed by atoms with E-state index in [2.05, 4.69) is 18.3 Å². The predicted molar refractivity (Wildman–Crippen MR) is 177 cm³/mol. The lowest BCUT2D eigenvalue weighted by atomic mass is 9.91. The molecule has 1 amide bonds. The van der Waals surface area contributed by atoms with Gasteiger partial charge in [0.2, 0.25) is 5.91 Å². The molecule has 0 saturated carbocycles. The molecular formula is C37H39NO7S. The Morgan fingerprint density at radius 3 is 2.30 bits per heavy atom. The number of amides is 1. The van der Waals surface area contributed by atoms with Gasteiger partial charge in [0.1, 0.15) is 5.75 Å². The van der Waals surface area contributed by atoms with Gasteiger partial charge in [0.25, 0.3) is 0 Å². The highest BCUT2D eigenvalue weighted by Gasteiger charge is 2.38. The highest BCUT2D eigenvalue weighted by molar-refractivity contribution is 7.99. The van der Waals surface area contributed by atoms with Gasteiger partial charge in [0.05, 0.1) is 32.3 Å². The summed E-state index contributed by atoms with van der Waals surface area (Å²) in [4.78, 5) is 23.8. The number of rotatable bonds is 13. The monoisotopic (exact) mass is 641 g/mol. The third kappa shape index (κ3) is 8.55. The van der Waals surface area contributed by atoms with Crippen LogP contribution in [-0.4, -0.2) is 41.1 Å². The molecule has 0 aliphatic carbocycles. The lowest BCUT2D eigenvalue weighted by Gasteiger charge is -2.41. The third-order valence-electron chi connectivity index (χ3n) is 8.09. The Balaban J connectivity index is 1.32. The summed E-state index contributed by atoms with van der Waals surface area (Å²) in [5.74, 6) is 0.324. The summed E-state index contributed by atoms with van der Waals surface area (Å²) in [5.41, 5.74) is 5.71. The molecule has 5 rings (SSSR count). The Labute approximate surface area is 273 Å². The number of aliphatic carboxylic acids is 1. The zero-order chi connectivity index (χ0) is 32.5. The van der Waals surface area contributed by atoms with E-state index in [1.807, 2.05) is 91.0 Å². The molecule has 1 aliphatic heterocycles. The Morgan fingerprint density at radius 1 is 0.848 bits per heavy atom. The minimum absolute atomic E-state index is 0.0120. The van der Waals surface area contributed by atoms with Crippen molar-refractivity contribution in [1.82, 2.24) is 5.32 Å². The zero-order valence-electron chi connectivity index (χ0n) is 25.9. The molecule has 240 valence electrons. The van der Waals surface area contributed by atoms with Gasteiger partial charge in [-0.15, -0.1) is 11.8 Å². The van der Waals surface area contributed by atoms with Crippen molar-refractivity contribution in [2.45, 2.75) is 56.3 Å². The zero-order valence-corrected chi connectivity index (χ0v) is 26.7. The lowest BCUT2D eigenvalue weighted by Crippen LogP contribution is -2.38. The van der Waals surface area contributed by atoms with Gasteiger partial charge in [-0.25, -0.2) is 0 Å². The fourth-order valence-electron chi connectivity index (χ4n) is 5.42. The largest absolute Gasteiger partial charge is 0.496 e. The van der Waals surface area contributed by atoms with Crippen molar-refractivity contribution in [2.24, 2.45) is 5.92 Å². The lowest BCUT2D eigenvalue weighted by molar-refractivity contribution is -0.268. The molecular weight excluding hydrogens is 602 g/mol. The number of carbonyl (C=O) groups excluding carboxylic acids is 1. The third-order valence-corrected chi connectivity index (χ3v) is 9.24. The number of hydrogen-bond donors (Lipinski definition) is 3. The van der Waals surface area contributed by atoms with E-state index >= 15 is 0 Å². The molecule has 1 saturated heterocycles. The summed E-state index contributed by atoms with van der Waals surface area (Å²) in [6.07, 6.45) is -1.14. The van der Waals surface area contributed by atoms with Crippen molar-refractivity contribution in [3.05, 3.63) is 119 Å². The number of methoxy groups -OCH3 is 1. The number of aliphatic hydroxyl groups excluding tert-OH is 1. The normalized spacial score (nSPS) is 19.4. The maximum absolute atomic E-state index is 12.0. The van der Waals surface area contributed by atoms with Crippen molar-refractivity contribution < 1.29 is 34.0 Å². The maximum atomic E-state index is 12.0. The van der Waals surface area contributed by atoms with Crippen LogP contribution in [0.1, 0.15) is 54.4 Å². The standard InChI is InChI=1S/C37H39NO7S/c1-24-32(23-46-33-9-4-3-8-31(33)43-2)44-37(45-36(24)28-12-10-25(22-39)11-13-28)29-16-14-27(15-17-29)30-7-5-6-26(20-30)21-38-34(40)18-19-35(41)42/h3-17,20,24,32,36-37,39H,18-19,21-23H2,1-2H3,(H,38,40)(H,41,42)/t24-,32+,36+,37+/m1/s1. The van der Waals surface area contributed by atoms with Crippen molar-refractivity contribution in [2.75, 3.05) is 12.9 Å². The second-order valence-corrected chi connectivity index (χ2v) is 12.3. The Kier molecular flexibility index (Phi) is 11.5. The van der Waals surface area contributed by atoms with E-state index in [0.29, 0.717) is 12.3 Å². The molecule has 4 aromatic carbocycles. The molecule has 0 bridgehead atoms. The van der Waals surface area contributed by atoms with E-state index in [1.54, 1.807) is 18.9 Å². The number of benzene rings is 4. The van der Waals surface area contributed by atoms with Crippen LogP contribution in [0.25, 0.3) is 11.1 Å². The first-order chi connectivity index (χ1) is 22.3. The first-order valence-electron chi connectivity index (χ1n) is 15.3. The van der Waals surface area contributed by atoms with Gasteiger partial charge in [0, 0.05) is 35.1 Å². The number of ether oxygens (including phenoxy) is 3. The van der Waals surface area contributed by atoms with Crippen LogP contribution in [-0.2, 0) is 32.2 Å². The fourth-order valence-corrected chi connectivity index (χ4v) is 6.62. The van der Waals surface area contributed by atoms with E-state index < -0.39 is 12.3 Å². The number of thioether (sulfide) groups is 1. The summed E-state index contributed by atoms with van der Waals surface area (Å²) in [5, 5.41) is 21.1. The topological polar surface area (TPSA) is 114 Å². The van der Waals surface area contributed by atoms with Gasteiger partial charge < -0.3 is 29.7 Å². The smallest absolute Gasteiger partial charge is 0.303 e. The average Bonchev–Trinajstić information content (AvgIpc) is 3.09. The number of carboxylic acid groups (broad SMARTS) is 1. The van der Waals surface area contributed by atoms with Gasteiger partial charge in [-0.05, 0) is 46.0 Å². The number of aliphatic hydroxyl groups is 1. The van der Waals surface area contributed by atoms with Crippen LogP contribution >= 0.6 is 11.8 Å². The van der Waals surface area contributed by atoms with Crippen LogP contribution in [0.15, 0.2) is 102 Å². The molecule has 0 unspecified atom stereocenters. The quantitative estimate of drug-likeness (QED) is 0.135. The minimum Gasteiger partial charge on any atom is -0.496 e. The summed E-state index contributed by atoms with van der Waals surface area (Å²) in [6, 6.07) is 31.9. The van der Waals surface area contributed by atoms with Crippen LogP contribution in [0.5, 0.6) is 5.75 Å². The first-order valence-corrected chi connectivity index (χ1v) is 16.3. The van der Waals surface area contributed by atoms with Gasteiger partial charge >= 0.3 is 5.97 Å². The number of nitrogens with one attached hydrogen (secondary N) is 1. The van der Waals surface area contributed by atoms with Crippen molar-refractivity contribution in [3.8, 4) is 16.9 Å². The van der Waals surface area contributed by atoms with E-state index in [4.69, 9.17) is 19.3 Å². The molecule has 0 aromatic heterocycles. The van der Waals surface area contributed by atoms with E-state index in [1.165, 1.54) is 0 Å². The van der Waals surface area contributed by atoms with Crippen LogP contribution in [0, 0.1) is 5.92 Å². The SMILES string of the molecule is COc1ccccc1SC[C@@H]1O[C@H](c2ccc(-c3cccc(CNC(=O)CCC(=O)O)c3)cc2)O[C@H](c2ccc(CO)cc2)[C@@H]1C. The van der Waals surface area contributed by atoms with Crippen molar-refractivity contribution >= 4 is 23.6 Å². The predicted octanol–water partition coefficient (Wildman–Crippen LogP) is 6.92. The van der Waals surface area contributed by atoms with Crippen molar-refractivity contribution in [3.63, 3.8) is 0 Å². The number of para-hydroxylation sites is 1. The molecule has 8 nitrogen and oxygen atoms in total. The number of carbonyl (C=O) groups is 2. The number of carboxylic acids is 1. The summed E-state index contributed by atoms with van der Waals surface area (Å²) in [6.45, 7) is 2.46. The average molecular weight is 642 g/mol. The van der Waals surface area contributed by atoms with Crippen LogP contribution in [0.2, 0.25) is 0 Å². The molecule has 1 heterocycles. The van der Waals surface area contributed by atoms with E-state index in [0.717, 1.165) is 44.0 Å². The Bertz CT molecular complexity index is 1610. The molecule has 46 heavy (non-hydrogen) atoms. The molecule has 0 spiro atoms. The molecule has 4 aromatic rings. The molecule has 1 aliphatic rings.